The SMILES string of the molecule is OC[C@H]1O[C@@H](c2ccc(Cl)c(Cc3ccc(OCCOCCN4CCCC4)cc3)c2)[C@H](O)[C@@H](O)[C@@H]1O. The molecular formula is C27H36ClNO7. The summed E-state index contributed by atoms with van der Waals surface area (Å²) in [5.74, 6) is 0.767. The lowest BCUT2D eigenvalue weighted by Crippen LogP contribution is -2.55. The number of halogens is 1. The van der Waals surface area contributed by atoms with Crippen molar-refractivity contribution in [2.75, 3.05) is 46.1 Å². The van der Waals surface area contributed by atoms with Gasteiger partial charge < -0.3 is 39.5 Å². The number of ether oxygens (including phenoxy) is 3. The number of nitrogens with zero attached hydrogens (tertiary/aromatic N) is 1. The van der Waals surface area contributed by atoms with Crippen molar-refractivity contribution in [2.24, 2.45) is 0 Å². The monoisotopic (exact) mass is 521 g/mol. The van der Waals surface area contributed by atoms with Crippen LogP contribution in [0.2, 0.25) is 5.02 Å². The van der Waals surface area contributed by atoms with Crippen molar-refractivity contribution in [2.45, 2.75) is 49.8 Å². The Morgan fingerprint density at radius 3 is 2.39 bits per heavy atom. The van der Waals surface area contributed by atoms with Gasteiger partial charge >= 0.3 is 0 Å². The van der Waals surface area contributed by atoms with E-state index in [9.17, 15) is 20.4 Å². The highest BCUT2D eigenvalue weighted by molar-refractivity contribution is 6.31. The van der Waals surface area contributed by atoms with Crippen LogP contribution in [0.1, 0.15) is 35.6 Å². The molecule has 198 valence electrons. The average molecular weight is 522 g/mol. The number of aliphatic hydroxyl groups is 4. The van der Waals surface area contributed by atoms with Crippen LogP contribution in [0.5, 0.6) is 5.75 Å². The molecular weight excluding hydrogens is 486 g/mol. The molecule has 0 aromatic heterocycles. The number of hydrogen-bond acceptors (Lipinski definition) is 8. The Labute approximate surface area is 217 Å². The van der Waals surface area contributed by atoms with Gasteiger partial charge in [-0.2, -0.15) is 0 Å². The van der Waals surface area contributed by atoms with Crippen LogP contribution in [0.3, 0.4) is 0 Å². The van der Waals surface area contributed by atoms with Crippen molar-refractivity contribution >= 4 is 11.6 Å². The van der Waals surface area contributed by atoms with E-state index in [4.69, 9.17) is 25.8 Å². The molecule has 0 unspecified atom stereocenters. The highest BCUT2D eigenvalue weighted by Gasteiger charge is 2.44. The van der Waals surface area contributed by atoms with Crippen LogP contribution in [-0.4, -0.2) is 95.8 Å². The van der Waals surface area contributed by atoms with Crippen molar-refractivity contribution in [1.82, 2.24) is 4.90 Å². The normalized spacial score (nSPS) is 26.9. The second-order valence-electron chi connectivity index (χ2n) is 9.43. The lowest BCUT2D eigenvalue weighted by molar-refractivity contribution is -0.231. The third-order valence-electron chi connectivity index (χ3n) is 6.86. The van der Waals surface area contributed by atoms with Crippen molar-refractivity contribution in [1.29, 1.82) is 0 Å². The van der Waals surface area contributed by atoms with Gasteiger partial charge in [0, 0.05) is 11.6 Å². The smallest absolute Gasteiger partial charge is 0.119 e. The predicted molar refractivity (Wildman–Crippen MR) is 135 cm³/mol. The van der Waals surface area contributed by atoms with Gasteiger partial charge in [-0.1, -0.05) is 35.9 Å². The molecule has 4 rings (SSSR count). The Morgan fingerprint density at radius 2 is 1.67 bits per heavy atom. The summed E-state index contributed by atoms with van der Waals surface area (Å²) in [6.45, 7) is 4.63. The zero-order valence-electron chi connectivity index (χ0n) is 20.3. The molecule has 2 aliphatic heterocycles. The third-order valence-corrected chi connectivity index (χ3v) is 7.22. The summed E-state index contributed by atoms with van der Waals surface area (Å²) in [7, 11) is 0. The Bertz CT molecular complexity index is 952. The molecule has 5 atom stereocenters. The molecule has 8 nitrogen and oxygen atoms in total. The molecule has 0 aliphatic carbocycles. The lowest BCUT2D eigenvalue weighted by Gasteiger charge is -2.40. The molecule has 2 aromatic rings. The van der Waals surface area contributed by atoms with E-state index in [0.717, 1.165) is 30.0 Å². The molecule has 2 fully saturated rings. The largest absolute Gasteiger partial charge is 0.491 e. The summed E-state index contributed by atoms with van der Waals surface area (Å²) in [4.78, 5) is 2.42. The second-order valence-corrected chi connectivity index (χ2v) is 9.84. The Morgan fingerprint density at radius 1 is 0.917 bits per heavy atom. The van der Waals surface area contributed by atoms with Gasteiger partial charge in [-0.05, 0) is 67.2 Å². The first kappa shape index (κ1) is 27.3. The van der Waals surface area contributed by atoms with Crippen molar-refractivity contribution in [3.63, 3.8) is 0 Å². The highest BCUT2D eigenvalue weighted by Crippen LogP contribution is 2.34. The zero-order valence-corrected chi connectivity index (χ0v) is 21.1. The van der Waals surface area contributed by atoms with Crippen molar-refractivity contribution < 1.29 is 34.6 Å². The van der Waals surface area contributed by atoms with Gasteiger partial charge in [0.25, 0.3) is 0 Å². The van der Waals surface area contributed by atoms with Gasteiger partial charge in [-0.25, -0.2) is 0 Å². The molecule has 0 radical (unpaired) electrons. The summed E-state index contributed by atoms with van der Waals surface area (Å²) in [6.07, 6.45) is -2.90. The first-order chi connectivity index (χ1) is 17.5. The molecule has 2 aromatic carbocycles. The van der Waals surface area contributed by atoms with E-state index in [1.165, 1.54) is 25.9 Å². The molecule has 2 heterocycles. The topological polar surface area (TPSA) is 112 Å². The van der Waals surface area contributed by atoms with Crippen LogP contribution in [0, 0.1) is 0 Å². The summed E-state index contributed by atoms with van der Waals surface area (Å²) in [5.41, 5.74) is 2.46. The van der Waals surface area contributed by atoms with Gasteiger partial charge in [0.15, 0.2) is 0 Å². The van der Waals surface area contributed by atoms with E-state index in [-0.39, 0.29) is 0 Å². The van der Waals surface area contributed by atoms with E-state index in [1.807, 2.05) is 30.3 Å². The Balaban J connectivity index is 1.29. The maximum atomic E-state index is 10.4. The molecule has 2 aliphatic rings. The van der Waals surface area contributed by atoms with Gasteiger partial charge in [0.2, 0.25) is 0 Å². The maximum Gasteiger partial charge on any atom is 0.119 e. The van der Waals surface area contributed by atoms with Crippen LogP contribution in [0.4, 0.5) is 0 Å². The van der Waals surface area contributed by atoms with Gasteiger partial charge in [0.05, 0.1) is 19.8 Å². The number of aliphatic hydroxyl groups excluding tert-OH is 4. The van der Waals surface area contributed by atoms with E-state index >= 15 is 0 Å². The standard InChI is InChI=1S/C27H36ClNO7/c28-22-8-5-19(27-26(33)25(32)24(31)23(17-30)36-27)16-20(22)15-18-3-6-21(7-4-18)35-14-13-34-12-11-29-9-1-2-10-29/h3-8,16,23-27,30-33H,1-2,9-15,17H2/t23-,24-,25+,26-,27+/m1/s1. The van der Waals surface area contributed by atoms with Crippen LogP contribution < -0.4 is 4.74 Å². The first-order valence-corrected chi connectivity index (χ1v) is 12.9. The number of benzene rings is 2. The quantitative estimate of drug-likeness (QED) is 0.332. The van der Waals surface area contributed by atoms with Crippen LogP contribution >= 0.6 is 11.6 Å². The number of rotatable bonds is 11. The van der Waals surface area contributed by atoms with Gasteiger partial charge in [0.1, 0.15) is 42.9 Å². The van der Waals surface area contributed by atoms with Crippen LogP contribution in [-0.2, 0) is 15.9 Å². The average Bonchev–Trinajstić information content (AvgIpc) is 3.41. The summed E-state index contributed by atoms with van der Waals surface area (Å²) < 4.78 is 17.1. The van der Waals surface area contributed by atoms with E-state index in [1.54, 1.807) is 12.1 Å². The maximum absolute atomic E-state index is 10.4. The molecule has 0 spiro atoms. The third kappa shape index (κ3) is 6.96. The van der Waals surface area contributed by atoms with E-state index in [2.05, 4.69) is 4.90 Å². The minimum Gasteiger partial charge on any atom is -0.491 e. The zero-order chi connectivity index (χ0) is 25.5. The van der Waals surface area contributed by atoms with Crippen LogP contribution in [0.15, 0.2) is 42.5 Å². The van der Waals surface area contributed by atoms with Gasteiger partial charge in [-0.15, -0.1) is 0 Å². The molecule has 0 amide bonds. The number of hydrogen-bond donors (Lipinski definition) is 4. The highest BCUT2D eigenvalue weighted by atomic mass is 35.5. The molecule has 36 heavy (non-hydrogen) atoms. The summed E-state index contributed by atoms with van der Waals surface area (Å²) in [6, 6.07) is 13.0. The van der Waals surface area contributed by atoms with Crippen molar-refractivity contribution in [3.05, 3.63) is 64.2 Å². The lowest BCUT2D eigenvalue weighted by atomic mass is 9.90. The fourth-order valence-corrected chi connectivity index (χ4v) is 4.91. The second kappa shape index (κ2) is 13.2. The number of likely N-dealkylation sites (tertiary alicyclic amines) is 1. The molecule has 9 heteroatoms. The molecule has 2 saturated heterocycles. The van der Waals surface area contributed by atoms with Gasteiger partial charge in [-0.3, -0.25) is 0 Å². The Hall–Kier alpha value is -1.75. The fourth-order valence-electron chi connectivity index (χ4n) is 4.73. The van der Waals surface area contributed by atoms with Crippen LogP contribution in [0.25, 0.3) is 0 Å². The van der Waals surface area contributed by atoms with E-state index < -0.39 is 37.1 Å². The minimum atomic E-state index is -1.43. The molecule has 0 bridgehead atoms. The van der Waals surface area contributed by atoms with E-state index in [0.29, 0.717) is 30.2 Å². The molecule has 4 N–H and O–H groups in total. The predicted octanol–water partition coefficient (Wildman–Crippen LogP) is 1.94. The fraction of sp³-hybridized carbons (Fsp3) is 0.556. The Kier molecular flexibility index (Phi) is 9.98. The first-order valence-electron chi connectivity index (χ1n) is 12.6. The summed E-state index contributed by atoms with van der Waals surface area (Å²) >= 11 is 6.44. The molecule has 0 saturated carbocycles. The summed E-state index contributed by atoms with van der Waals surface area (Å²) in [5, 5.41) is 40.6. The van der Waals surface area contributed by atoms with Crippen molar-refractivity contribution in [3.8, 4) is 5.75 Å². The minimum absolute atomic E-state index is 0.471.